The van der Waals surface area contributed by atoms with Gasteiger partial charge in [0.2, 0.25) is 0 Å². The Morgan fingerprint density at radius 1 is 1.14 bits per heavy atom. The van der Waals surface area contributed by atoms with E-state index in [-0.39, 0.29) is 6.03 Å². The molecule has 112 valence electrons. The van der Waals surface area contributed by atoms with E-state index in [2.05, 4.69) is 5.32 Å². The summed E-state index contributed by atoms with van der Waals surface area (Å²) in [6.45, 7) is 0.538. The zero-order valence-electron chi connectivity index (χ0n) is 12.0. The number of benzene rings is 2. The Bertz CT molecular complexity index is 815. The first-order valence-electron chi connectivity index (χ1n) is 6.87. The summed E-state index contributed by atoms with van der Waals surface area (Å²) in [6.07, 6.45) is 0. The van der Waals surface area contributed by atoms with E-state index >= 15 is 0 Å². The second-order valence-electron chi connectivity index (χ2n) is 5.05. The van der Waals surface area contributed by atoms with E-state index in [0.717, 1.165) is 25.7 Å². The van der Waals surface area contributed by atoms with Crippen LogP contribution in [0.4, 0.5) is 10.5 Å². The van der Waals surface area contributed by atoms with Gasteiger partial charge in [0.05, 0.1) is 10.9 Å². The van der Waals surface area contributed by atoms with Crippen molar-refractivity contribution in [1.29, 1.82) is 0 Å². The summed E-state index contributed by atoms with van der Waals surface area (Å²) >= 11 is 7.39. The topological polar surface area (TPSA) is 32.3 Å². The molecule has 0 unspecified atom stereocenters. The third-order valence-corrected chi connectivity index (χ3v) is 4.59. The minimum absolute atomic E-state index is 0.139. The van der Waals surface area contributed by atoms with E-state index in [9.17, 15) is 4.79 Å². The van der Waals surface area contributed by atoms with Crippen LogP contribution in [0.1, 0.15) is 4.88 Å². The predicted octanol–water partition coefficient (Wildman–Crippen LogP) is 5.22. The van der Waals surface area contributed by atoms with Gasteiger partial charge in [-0.25, -0.2) is 4.79 Å². The van der Waals surface area contributed by atoms with Crippen LogP contribution >= 0.6 is 22.9 Å². The van der Waals surface area contributed by atoms with Gasteiger partial charge in [-0.1, -0.05) is 41.9 Å². The number of carbonyl (C=O) groups is 1. The molecule has 0 spiro atoms. The molecule has 5 heteroatoms. The first-order chi connectivity index (χ1) is 10.6. The molecule has 2 aromatic carbocycles. The highest BCUT2D eigenvalue weighted by molar-refractivity contribution is 7.16. The lowest BCUT2D eigenvalue weighted by Crippen LogP contribution is -2.30. The molecule has 0 radical (unpaired) electrons. The number of anilines is 1. The molecule has 1 heterocycles. The van der Waals surface area contributed by atoms with Gasteiger partial charge in [-0.05, 0) is 35.0 Å². The van der Waals surface area contributed by atoms with Crippen LogP contribution in [-0.4, -0.2) is 18.0 Å². The molecule has 0 atom stereocenters. The van der Waals surface area contributed by atoms with Crippen molar-refractivity contribution in [2.75, 3.05) is 12.4 Å². The molecule has 3 aromatic rings. The highest BCUT2D eigenvalue weighted by Crippen LogP contribution is 2.23. The van der Waals surface area contributed by atoms with Gasteiger partial charge in [0.25, 0.3) is 0 Å². The van der Waals surface area contributed by atoms with Crippen LogP contribution in [0.15, 0.2) is 54.6 Å². The van der Waals surface area contributed by atoms with Gasteiger partial charge >= 0.3 is 6.03 Å². The highest BCUT2D eigenvalue weighted by atomic mass is 35.5. The van der Waals surface area contributed by atoms with E-state index in [4.69, 9.17) is 11.6 Å². The Morgan fingerprint density at radius 2 is 1.91 bits per heavy atom. The Kier molecular flexibility index (Phi) is 4.32. The molecule has 0 aliphatic heterocycles. The highest BCUT2D eigenvalue weighted by Gasteiger charge is 2.11. The van der Waals surface area contributed by atoms with E-state index in [1.807, 2.05) is 54.6 Å². The second-order valence-corrected chi connectivity index (χ2v) is 6.85. The first kappa shape index (κ1) is 14.9. The number of carbonyl (C=O) groups excluding carboxylic acids is 1. The van der Waals surface area contributed by atoms with Gasteiger partial charge in [0.15, 0.2) is 0 Å². The minimum Gasteiger partial charge on any atom is -0.322 e. The van der Waals surface area contributed by atoms with E-state index in [0.29, 0.717) is 6.54 Å². The van der Waals surface area contributed by atoms with Crippen molar-refractivity contribution in [1.82, 2.24) is 4.90 Å². The lowest BCUT2D eigenvalue weighted by molar-refractivity contribution is 0.221. The molecule has 0 bridgehead atoms. The van der Waals surface area contributed by atoms with Crippen molar-refractivity contribution < 1.29 is 4.79 Å². The zero-order valence-corrected chi connectivity index (χ0v) is 13.6. The molecule has 0 saturated carbocycles. The second kappa shape index (κ2) is 6.38. The third-order valence-electron chi connectivity index (χ3n) is 3.37. The molecule has 1 N–H and O–H groups in total. The SMILES string of the molecule is CN(Cc1ccc(Cl)s1)C(=O)Nc1ccc2ccccc2c1. The van der Waals surface area contributed by atoms with Crippen LogP contribution in [0, 0.1) is 0 Å². The van der Waals surface area contributed by atoms with Gasteiger partial charge in [0.1, 0.15) is 0 Å². The lowest BCUT2D eigenvalue weighted by Gasteiger charge is -2.17. The van der Waals surface area contributed by atoms with Crippen LogP contribution in [0.3, 0.4) is 0 Å². The molecule has 0 aliphatic rings. The van der Waals surface area contributed by atoms with Crippen LogP contribution in [0.2, 0.25) is 4.34 Å². The van der Waals surface area contributed by atoms with Crippen LogP contribution < -0.4 is 5.32 Å². The third kappa shape index (κ3) is 3.40. The molecule has 22 heavy (non-hydrogen) atoms. The lowest BCUT2D eigenvalue weighted by atomic mass is 10.1. The number of amides is 2. The Morgan fingerprint density at radius 3 is 2.64 bits per heavy atom. The smallest absolute Gasteiger partial charge is 0.321 e. The molecule has 0 saturated heterocycles. The Balaban J connectivity index is 1.69. The molecular formula is C17H15ClN2OS. The number of thiophene rings is 1. The molecule has 3 rings (SSSR count). The average Bonchev–Trinajstić information content (AvgIpc) is 2.92. The summed E-state index contributed by atoms with van der Waals surface area (Å²) < 4.78 is 0.735. The number of rotatable bonds is 3. The number of hydrogen-bond donors (Lipinski definition) is 1. The van der Waals surface area contributed by atoms with E-state index in [1.165, 1.54) is 11.3 Å². The van der Waals surface area contributed by atoms with E-state index in [1.54, 1.807) is 11.9 Å². The molecule has 0 aliphatic carbocycles. The Hall–Kier alpha value is -2.04. The van der Waals surface area contributed by atoms with Crippen molar-refractivity contribution in [2.24, 2.45) is 0 Å². The van der Waals surface area contributed by atoms with Gasteiger partial charge in [-0.3, -0.25) is 0 Å². The molecular weight excluding hydrogens is 316 g/mol. The van der Waals surface area contributed by atoms with Crippen molar-refractivity contribution in [3.63, 3.8) is 0 Å². The summed E-state index contributed by atoms with van der Waals surface area (Å²) in [5.41, 5.74) is 0.791. The molecule has 1 aromatic heterocycles. The fraction of sp³-hybridized carbons (Fsp3) is 0.118. The molecule has 3 nitrogen and oxygen atoms in total. The number of nitrogens with one attached hydrogen (secondary N) is 1. The maximum absolute atomic E-state index is 12.2. The predicted molar refractivity (Wildman–Crippen MR) is 93.8 cm³/mol. The minimum atomic E-state index is -0.139. The largest absolute Gasteiger partial charge is 0.322 e. The summed E-state index contributed by atoms with van der Waals surface area (Å²) in [4.78, 5) is 14.9. The van der Waals surface area contributed by atoms with Gasteiger partial charge < -0.3 is 10.2 Å². The first-order valence-corrected chi connectivity index (χ1v) is 8.06. The Labute approximate surface area is 138 Å². The molecule has 2 amide bonds. The standard InChI is InChI=1S/C17H15ClN2OS/c1-20(11-15-8-9-16(18)22-15)17(21)19-14-7-6-12-4-2-3-5-13(12)10-14/h2-10H,11H2,1H3,(H,19,21). The van der Waals surface area contributed by atoms with Crippen molar-refractivity contribution in [2.45, 2.75) is 6.54 Å². The number of fused-ring (bicyclic) bond motifs is 1. The molecule has 0 fully saturated rings. The fourth-order valence-electron chi connectivity index (χ4n) is 2.23. The zero-order chi connectivity index (χ0) is 15.5. The number of halogens is 1. The maximum Gasteiger partial charge on any atom is 0.321 e. The van der Waals surface area contributed by atoms with Gasteiger partial charge in [-0.15, -0.1) is 11.3 Å². The quantitative estimate of drug-likeness (QED) is 0.701. The number of urea groups is 1. The summed E-state index contributed by atoms with van der Waals surface area (Å²) in [5.74, 6) is 0. The van der Waals surface area contributed by atoms with Gasteiger partial charge in [0, 0.05) is 17.6 Å². The summed E-state index contributed by atoms with van der Waals surface area (Å²) in [7, 11) is 1.77. The van der Waals surface area contributed by atoms with Crippen molar-refractivity contribution >= 4 is 45.4 Å². The van der Waals surface area contributed by atoms with Crippen LogP contribution in [0.25, 0.3) is 10.8 Å². The van der Waals surface area contributed by atoms with Crippen molar-refractivity contribution in [3.8, 4) is 0 Å². The normalized spacial score (nSPS) is 10.6. The summed E-state index contributed by atoms with van der Waals surface area (Å²) in [5, 5.41) is 5.18. The van der Waals surface area contributed by atoms with Crippen LogP contribution in [-0.2, 0) is 6.54 Å². The van der Waals surface area contributed by atoms with Crippen LogP contribution in [0.5, 0.6) is 0 Å². The number of hydrogen-bond acceptors (Lipinski definition) is 2. The van der Waals surface area contributed by atoms with Crippen molar-refractivity contribution in [3.05, 3.63) is 63.8 Å². The van der Waals surface area contributed by atoms with Gasteiger partial charge in [-0.2, -0.15) is 0 Å². The maximum atomic E-state index is 12.2. The average molecular weight is 331 g/mol. The number of nitrogens with zero attached hydrogens (tertiary/aromatic N) is 1. The monoisotopic (exact) mass is 330 g/mol. The van der Waals surface area contributed by atoms with E-state index < -0.39 is 0 Å². The summed E-state index contributed by atoms with van der Waals surface area (Å²) in [6, 6.07) is 17.6. The fourth-order valence-corrected chi connectivity index (χ4v) is 3.37.